The number of fused-ring (bicyclic) bond motifs is 2. The minimum atomic E-state index is -0.350. The normalized spacial score (nSPS) is 12.8. The number of rotatable bonds is 6. The van der Waals surface area contributed by atoms with Gasteiger partial charge in [-0.25, -0.2) is 0 Å². The summed E-state index contributed by atoms with van der Waals surface area (Å²) in [6, 6.07) is 11.0. The lowest BCUT2D eigenvalue weighted by Crippen LogP contribution is -2.29. The summed E-state index contributed by atoms with van der Waals surface area (Å²) in [4.78, 5) is 14.9. The first-order chi connectivity index (χ1) is 12.0. The lowest BCUT2D eigenvalue weighted by atomic mass is 10.1. The van der Waals surface area contributed by atoms with Crippen molar-refractivity contribution in [2.24, 2.45) is 0 Å². The lowest BCUT2D eigenvalue weighted by Gasteiger charge is -2.18. The molecule has 0 amide bonds. The zero-order chi connectivity index (χ0) is 18.0. The molecule has 1 heterocycles. The largest absolute Gasteiger partial charge is 0.497 e. The highest BCUT2D eigenvalue weighted by Gasteiger charge is 2.10. The number of nitrogens with zero attached hydrogens (tertiary/aromatic N) is 1. The van der Waals surface area contributed by atoms with Crippen LogP contribution in [-0.2, 0) is 6.42 Å². The topological polar surface area (TPSA) is 62.9 Å². The van der Waals surface area contributed by atoms with Crippen LogP contribution in [-0.4, -0.2) is 43.4 Å². The summed E-state index contributed by atoms with van der Waals surface area (Å²) < 4.78 is 11.1. The van der Waals surface area contributed by atoms with E-state index in [4.69, 9.17) is 9.15 Å². The highest BCUT2D eigenvalue weighted by molar-refractivity contribution is 5.90. The monoisotopic (exact) mass is 341 g/mol. The average Bonchev–Trinajstić information content (AvgIpc) is 2.59. The third-order valence-corrected chi connectivity index (χ3v) is 4.30. The Balaban J connectivity index is 1.93. The van der Waals surface area contributed by atoms with Crippen LogP contribution in [0.2, 0.25) is 0 Å². The Morgan fingerprint density at radius 2 is 1.96 bits per heavy atom. The van der Waals surface area contributed by atoms with E-state index in [9.17, 15) is 9.90 Å². The summed E-state index contributed by atoms with van der Waals surface area (Å²) in [6.45, 7) is 3.21. The van der Waals surface area contributed by atoms with Crippen molar-refractivity contribution in [3.63, 3.8) is 0 Å². The second-order valence-electron chi connectivity index (χ2n) is 6.49. The van der Waals surface area contributed by atoms with Gasteiger partial charge in [0.25, 0.3) is 0 Å². The van der Waals surface area contributed by atoms with Gasteiger partial charge in [0.2, 0.25) is 5.43 Å². The second-order valence-corrected chi connectivity index (χ2v) is 6.49. The summed E-state index contributed by atoms with van der Waals surface area (Å²) in [5.41, 5.74) is 2.15. The van der Waals surface area contributed by atoms with Gasteiger partial charge in [0.1, 0.15) is 16.9 Å². The number of benzene rings is 2. The summed E-state index contributed by atoms with van der Waals surface area (Å²) in [7, 11) is 3.56. The molecule has 1 atom stereocenters. The maximum atomic E-state index is 12.8. The molecule has 1 N–H and O–H groups in total. The van der Waals surface area contributed by atoms with Crippen molar-refractivity contribution >= 4 is 21.9 Å². The summed E-state index contributed by atoms with van der Waals surface area (Å²) in [5.74, 6) is 0.660. The molecule has 2 aromatic carbocycles. The molecule has 3 aromatic rings. The van der Waals surface area contributed by atoms with Crippen LogP contribution in [0.1, 0.15) is 12.5 Å². The molecule has 132 valence electrons. The van der Waals surface area contributed by atoms with E-state index in [2.05, 4.69) is 4.90 Å². The fourth-order valence-electron chi connectivity index (χ4n) is 3.03. The van der Waals surface area contributed by atoms with E-state index in [-0.39, 0.29) is 11.5 Å². The number of likely N-dealkylation sites (N-methyl/N-ethyl adjacent to an activating group) is 1. The SMILES string of the molecule is COc1ccc2c(=O)c3cc(CCN(C)C[C@H](C)O)ccc3oc2c1. The van der Waals surface area contributed by atoms with Crippen molar-refractivity contribution in [1.82, 2.24) is 4.90 Å². The van der Waals surface area contributed by atoms with Gasteiger partial charge in [-0.05, 0) is 50.2 Å². The van der Waals surface area contributed by atoms with Crippen LogP contribution in [0.5, 0.6) is 5.75 Å². The molecule has 0 saturated carbocycles. The number of ether oxygens (including phenoxy) is 1. The standard InChI is InChI=1S/C20H23NO4/c1-13(22)12-21(2)9-8-14-4-7-18-17(10-14)20(23)16-6-5-15(24-3)11-19(16)25-18/h4-7,10-11,13,22H,8-9,12H2,1-3H3/t13-/m0/s1. The van der Waals surface area contributed by atoms with Gasteiger partial charge in [-0.3, -0.25) is 4.79 Å². The zero-order valence-corrected chi connectivity index (χ0v) is 14.8. The van der Waals surface area contributed by atoms with Gasteiger partial charge in [0.15, 0.2) is 0 Å². The van der Waals surface area contributed by atoms with Gasteiger partial charge in [0, 0.05) is 19.2 Å². The quantitative estimate of drug-likeness (QED) is 0.699. The molecule has 0 fully saturated rings. The van der Waals surface area contributed by atoms with Gasteiger partial charge >= 0.3 is 0 Å². The van der Waals surface area contributed by atoms with Crippen molar-refractivity contribution in [3.05, 3.63) is 52.2 Å². The van der Waals surface area contributed by atoms with E-state index in [1.807, 2.05) is 25.2 Å². The van der Waals surface area contributed by atoms with Gasteiger partial charge in [0.05, 0.1) is 24.0 Å². The maximum absolute atomic E-state index is 12.8. The molecule has 25 heavy (non-hydrogen) atoms. The predicted molar refractivity (Wildman–Crippen MR) is 99.4 cm³/mol. The van der Waals surface area contributed by atoms with Crippen molar-refractivity contribution in [2.45, 2.75) is 19.4 Å². The summed E-state index contributed by atoms with van der Waals surface area (Å²) >= 11 is 0. The Labute approximate surface area is 146 Å². The van der Waals surface area contributed by atoms with E-state index >= 15 is 0 Å². The van der Waals surface area contributed by atoms with Crippen LogP contribution in [0.4, 0.5) is 0 Å². The summed E-state index contributed by atoms with van der Waals surface area (Å²) in [6.07, 6.45) is 0.455. The molecule has 0 saturated heterocycles. The molecule has 0 aliphatic carbocycles. The van der Waals surface area contributed by atoms with Crippen molar-refractivity contribution in [3.8, 4) is 5.75 Å². The molecule has 1 aromatic heterocycles. The van der Waals surface area contributed by atoms with E-state index in [1.165, 1.54) is 0 Å². The smallest absolute Gasteiger partial charge is 0.200 e. The number of hydrogen-bond acceptors (Lipinski definition) is 5. The van der Waals surface area contributed by atoms with Gasteiger partial charge < -0.3 is 19.2 Å². The molecule has 0 radical (unpaired) electrons. The molecule has 5 nitrogen and oxygen atoms in total. The Hall–Kier alpha value is -2.37. The molecule has 0 aliphatic rings. The molecule has 0 bridgehead atoms. The van der Waals surface area contributed by atoms with Crippen LogP contribution >= 0.6 is 0 Å². The highest BCUT2D eigenvalue weighted by Crippen LogP contribution is 2.23. The van der Waals surface area contributed by atoms with E-state index in [0.29, 0.717) is 34.2 Å². The second kappa shape index (κ2) is 7.25. The first-order valence-corrected chi connectivity index (χ1v) is 8.38. The molecule has 0 aliphatic heterocycles. The molecule has 0 spiro atoms. The Morgan fingerprint density at radius 1 is 1.16 bits per heavy atom. The van der Waals surface area contributed by atoms with Gasteiger partial charge in [-0.1, -0.05) is 6.07 Å². The first kappa shape index (κ1) is 17.5. The highest BCUT2D eigenvalue weighted by atomic mass is 16.5. The van der Waals surface area contributed by atoms with Crippen molar-refractivity contribution in [2.75, 3.05) is 27.2 Å². The number of aliphatic hydroxyl groups is 1. The molecular formula is C20H23NO4. The fraction of sp³-hybridized carbons (Fsp3) is 0.350. The van der Waals surface area contributed by atoms with Gasteiger partial charge in [-0.2, -0.15) is 0 Å². The van der Waals surface area contributed by atoms with Gasteiger partial charge in [-0.15, -0.1) is 0 Å². The van der Waals surface area contributed by atoms with E-state index in [0.717, 1.165) is 18.5 Å². The van der Waals surface area contributed by atoms with Crippen molar-refractivity contribution in [1.29, 1.82) is 0 Å². The van der Waals surface area contributed by atoms with Crippen molar-refractivity contribution < 1.29 is 14.3 Å². The molecule has 0 unspecified atom stereocenters. The first-order valence-electron chi connectivity index (χ1n) is 8.38. The number of aliphatic hydroxyl groups excluding tert-OH is 1. The maximum Gasteiger partial charge on any atom is 0.200 e. The lowest BCUT2D eigenvalue weighted by molar-refractivity contribution is 0.142. The average molecular weight is 341 g/mol. The van der Waals surface area contributed by atoms with Crippen LogP contribution in [0.15, 0.2) is 45.6 Å². The van der Waals surface area contributed by atoms with Crippen LogP contribution in [0, 0.1) is 0 Å². The Kier molecular flexibility index (Phi) is 5.06. The fourth-order valence-corrected chi connectivity index (χ4v) is 3.03. The molecule has 3 rings (SSSR count). The summed E-state index contributed by atoms with van der Waals surface area (Å²) in [5, 5.41) is 10.6. The molecule has 5 heteroatoms. The zero-order valence-electron chi connectivity index (χ0n) is 14.8. The molecular weight excluding hydrogens is 318 g/mol. The third-order valence-electron chi connectivity index (χ3n) is 4.30. The third kappa shape index (κ3) is 3.83. The number of methoxy groups -OCH3 is 1. The minimum Gasteiger partial charge on any atom is -0.497 e. The minimum absolute atomic E-state index is 0.0295. The predicted octanol–water partition coefficient (Wildman–Crippen LogP) is 2.81. The Morgan fingerprint density at radius 3 is 2.68 bits per heavy atom. The Bertz CT molecular complexity index is 945. The van der Waals surface area contributed by atoms with Crippen LogP contribution in [0.3, 0.4) is 0 Å². The van der Waals surface area contributed by atoms with Crippen LogP contribution in [0.25, 0.3) is 21.9 Å². The number of hydrogen-bond donors (Lipinski definition) is 1. The van der Waals surface area contributed by atoms with E-state index in [1.54, 1.807) is 32.2 Å². The van der Waals surface area contributed by atoms with Crippen LogP contribution < -0.4 is 10.2 Å². The van der Waals surface area contributed by atoms with E-state index < -0.39 is 0 Å².